The lowest BCUT2D eigenvalue weighted by atomic mass is 9.99. The lowest BCUT2D eigenvalue weighted by molar-refractivity contribution is -0.105. The van der Waals surface area contributed by atoms with E-state index in [1.807, 2.05) is 4.90 Å². The van der Waals surface area contributed by atoms with Crippen molar-refractivity contribution in [2.24, 2.45) is 0 Å². The second kappa shape index (κ2) is 9.18. The summed E-state index contributed by atoms with van der Waals surface area (Å²) in [7, 11) is 0. The molecule has 0 bridgehead atoms. The van der Waals surface area contributed by atoms with E-state index in [0.29, 0.717) is 29.2 Å². The van der Waals surface area contributed by atoms with Crippen molar-refractivity contribution in [2.45, 2.75) is 45.3 Å². The lowest BCUT2D eigenvalue weighted by Gasteiger charge is -2.37. The van der Waals surface area contributed by atoms with Gasteiger partial charge in [-0.05, 0) is 62.1 Å². The molecule has 2 aromatic carbocycles. The maximum Gasteiger partial charge on any atom is 0.398 e. The molecular formula is C23H28F4N2S. The van der Waals surface area contributed by atoms with E-state index in [1.165, 1.54) is 28.3 Å². The second-order valence-corrected chi connectivity index (χ2v) is 9.13. The van der Waals surface area contributed by atoms with E-state index < -0.39 is 11.9 Å². The molecule has 0 aromatic heterocycles. The number of nitrogens with zero attached hydrogens (tertiary/aromatic N) is 2. The van der Waals surface area contributed by atoms with Gasteiger partial charge in [-0.1, -0.05) is 17.7 Å². The van der Waals surface area contributed by atoms with Crippen molar-refractivity contribution in [2.75, 3.05) is 36.8 Å². The largest absolute Gasteiger partial charge is 0.398 e. The van der Waals surface area contributed by atoms with Gasteiger partial charge in [0.05, 0.1) is 11.4 Å². The van der Waals surface area contributed by atoms with Crippen LogP contribution in [0, 0.1) is 33.5 Å². The van der Waals surface area contributed by atoms with E-state index in [-0.39, 0.29) is 5.82 Å². The zero-order valence-corrected chi connectivity index (χ0v) is 18.7. The predicted molar refractivity (Wildman–Crippen MR) is 116 cm³/mol. The highest BCUT2D eigenvalue weighted by molar-refractivity contribution is 7.99. The van der Waals surface area contributed by atoms with Crippen LogP contribution in [0.5, 0.6) is 0 Å². The minimum Gasteiger partial charge on any atom is -0.367 e. The molecule has 0 spiro atoms. The van der Waals surface area contributed by atoms with Crippen LogP contribution in [0.25, 0.3) is 0 Å². The van der Waals surface area contributed by atoms with Gasteiger partial charge in [0.2, 0.25) is 0 Å². The number of benzene rings is 2. The van der Waals surface area contributed by atoms with Gasteiger partial charge < -0.3 is 4.90 Å². The minimum absolute atomic E-state index is 0.373. The van der Waals surface area contributed by atoms with E-state index in [0.717, 1.165) is 31.4 Å². The summed E-state index contributed by atoms with van der Waals surface area (Å²) in [6.45, 7) is 11.7. The molecule has 1 aliphatic rings. The Labute approximate surface area is 180 Å². The zero-order valence-electron chi connectivity index (χ0n) is 17.9. The van der Waals surface area contributed by atoms with Crippen LogP contribution >= 0.6 is 11.8 Å². The lowest BCUT2D eigenvalue weighted by Crippen LogP contribution is -2.46. The fourth-order valence-corrected chi connectivity index (χ4v) is 4.83. The van der Waals surface area contributed by atoms with Crippen LogP contribution in [0.4, 0.5) is 23.2 Å². The van der Waals surface area contributed by atoms with Gasteiger partial charge >= 0.3 is 6.18 Å². The van der Waals surface area contributed by atoms with Crippen LogP contribution in [-0.4, -0.2) is 43.0 Å². The summed E-state index contributed by atoms with van der Waals surface area (Å²) in [4.78, 5) is 4.78. The van der Waals surface area contributed by atoms with Crippen molar-refractivity contribution in [1.82, 2.24) is 4.90 Å². The molecule has 0 N–H and O–H groups in total. The van der Waals surface area contributed by atoms with E-state index in [9.17, 15) is 17.6 Å². The average Bonchev–Trinajstić information content (AvgIpc) is 2.64. The Balaban J connectivity index is 1.67. The van der Waals surface area contributed by atoms with Crippen LogP contribution in [0.1, 0.15) is 27.8 Å². The molecule has 1 heterocycles. The van der Waals surface area contributed by atoms with Gasteiger partial charge in [-0.2, -0.15) is 13.2 Å². The maximum absolute atomic E-state index is 14.6. The highest BCUT2D eigenvalue weighted by Crippen LogP contribution is 2.34. The van der Waals surface area contributed by atoms with Gasteiger partial charge in [-0.15, -0.1) is 11.8 Å². The molecule has 30 heavy (non-hydrogen) atoms. The number of thioether (sulfide) groups is 1. The fourth-order valence-electron chi connectivity index (χ4n) is 4.03. The molecule has 1 aliphatic heterocycles. The summed E-state index contributed by atoms with van der Waals surface area (Å²) in [6.07, 6.45) is -4.25. The van der Waals surface area contributed by atoms with Crippen molar-refractivity contribution in [3.8, 4) is 0 Å². The quantitative estimate of drug-likeness (QED) is 0.414. The Kier molecular flexibility index (Phi) is 7.02. The van der Waals surface area contributed by atoms with Gasteiger partial charge in [0.15, 0.2) is 0 Å². The number of anilines is 1. The van der Waals surface area contributed by atoms with Gasteiger partial charge in [0.25, 0.3) is 0 Å². The van der Waals surface area contributed by atoms with Crippen molar-refractivity contribution < 1.29 is 17.6 Å². The Morgan fingerprint density at radius 3 is 2.03 bits per heavy atom. The molecule has 0 amide bonds. The molecule has 2 aromatic rings. The first kappa shape index (κ1) is 22.9. The predicted octanol–water partition coefficient (Wildman–Crippen LogP) is 6.04. The number of halogens is 4. The number of alkyl halides is 3. The minimum atomic E-state index is -4.25. The highest BCUT2D eigenvalue weighted by atomic mass is 32.2. The summed E-state index contributed by atoms with van der Waals surface area (Å²) in [5.74, 6) is -1.34. The summed E-state index contributed by atoms with van der Waals surface area (Å²) in [5.41, 5.74) is 6.09. The van der Waals surface area contributed by atoms with Crippen LogP contribution in [0.15, 0.2) is 29.2 Å². The molecule has 0 atom stereocenters. The third kappa shape index (κ3) is 5.70. The van der Waals surface area contributed by atoms with Gasteiger partial charge in [0, 0.05) is 37.6 Å². The standard InChI is InChI=1S/C23H28F4N2S/c1-15-9-16(2)19(17(3)10-15)13-28-5-7-29(8-6-28)21-12-22(18(4)11-20(21)24)30-14-23(25,26)27/h9-12H,5-8,13-14H2,1-4H3. The number of hydrogen-bond donors (Lipinski definition) is 0. The molecule has 0 saturated carbocycles. The smallest absolute Gasteiger partial charge is 0.367 e. The van der Waals surface area contributed by atoms with Gasteiger partial charge in [-0.3, -0.25) is 4.90 Å². The van der Waals surface area contributed by atoms with E-state index in [4.69, 9.17) is 0 Å². The van der Waals surface area contributed by atoms with Crippen LogP contribution in [-0.2, 0) is 6.54 Å². The zero-order chi connectivity index (χ0) is 22.1. The van der Waals surface area contributed by atoms with Gasteiger partial charge in [0.1, 0.15) is 5.82 Å². The molecule has 164 valence electrons. The molecule has 0 aliphatic carbocycles. The summed E-state index contributed by atoms with van der Waals surface area (Å²) >= 11 is 0.719. The first-order valence-corrected chi connectivity index (χ1v) is 11.1. The van der Waals surface area contributed by atoms with Crippen LogP contribution < -0.4 is 4.90 Å². The van der Waals surface area contributed by atoms with Gasteiger partial charge in [-0.25, -0.2) is 4.39 Å². The Hall–Kier alpha value is -1.73. The first-order valence-electron chi connectivity index (χ1n) is 10.1. The van der Waals surface area contributed by atoms with E-state index >= 15 is 0 Å². The molecule has 2 nitrogen and oxygen atoms in total. The molecule has 3 rings (SSSR count). The fraction of sp³-hybridized carbons (Fsp3) is 0.478. The summed E-state index contributed by atoms with van der Waals surface area (Å²) in [6, 6.07) is 7.31. The van der Waals surface area contributed by atoms with E-state index in [1.54, 1.807) is 13.0 Å². The highest BCUT2D eigenvalue weighted by Gasteiger charge is 2.28. The number of rotatable bonds is 5. The SMILES string of the molecule is Cc1cc(C)c(CN2CCN(c3cc(SCC(F)(F)F)c(C)cc3F)CC2)c(C)c1. The summed E-state index contributed by atoms with van der Waals surface area (Å²) < 4.78 is 52.4. The number of aryl methyl sites for hydroxylation is 4. The Morgan fingerprint density at radius 2 is 1.47 bits per heavy atom. The molecule has 7 heteroatoms. The Morgan fingerprint density at radius 1 is 0.867 bits per heavy atom. The van der Waals surface area contributed by atoms with Crippen molar-refractivity contribution in [1.29, 1.82) is 0 Å². The van der Waals surface area contributed by atoms with Crippen molar-refractivity contribution >= 4 is 17.4 Å². The number of piperazine rings is 1. The Bertz CT molecular complexity index is 880. The molecule has 0 radical (unpaired) electrons. The third-order valence-corrected chi connectivity index (χ3v) is 6.79. The third-order valence-electron chi connectivity index (χ3n) is 5.57. The summed E-state index contributed by atoms with van der Waals surface area (Å²) in [5, 5.41) is 0. The van der Waals surface area contributed by atoms with E-state index in [2.05, 4.69) is 37.8 Å². The van der Waals surface area contributed by atoms with Crippen LogP contribution in [0.3, 0.4) is 0 Å². The van der Waals surface area contributed by atoms with Crippen molar-refractivity contribution in [3.05, 3.63) is 57.9 Å². The molecule has 1 fully saturated rings. The van der Waals surface area contributed by atoms with Crippen LogP contribution in [0.2, 0.25) is 0 Å². The average molecular weight is 441 g/mol. The van der Waals surface area contributed by atoms with Crippen molar-refractivity contribution in [3.63, 3.8) is 0 Å². The monoisotopic (exact) mass is 440 g/mol. The number of hydrogen-bond acceptors (Lipinski definition) is 3. The maximum atomic E-state index is 14.6. The molecular weight excluding hydrogens is 412 g/mol. The molecule has 0 unspecified atom stereocenters. The molecule has 1 saturated heterocycles. The first-order chi connectivity index (χ1) is 14.0. The topological polar surface area (TPSA) is 6.48 Å². The second-order valence-electron chi connectivity index (χ2n) is 8.11. The normalized spacial score (nSPS) is 15.7.